The van der Waals surface area contributed by atoms with Crippen molar-refractivity contribution in [1.82, 2.24) is 0 Å². The van der Waals surface area contributed by atoms with Crippen LogP contribution in [0.4, 0.5) is 15.8 Å². The number of rotatable bonds is 3. The van der Waals surface area contributed by atoms with Crippen LogP contribution in [0, 0.1) is 5.82 Å². The Bertz CT molecular complexity index is 687. The van der Waals surface area contributed by atoms with Crippen LogP contribution in [0.3, 0.4) is 0 Å². The number of esters is 2. The number of halogens is 1. The average molecular weight is 334 g/mol. The van der Waals surface area contributed by atoms with Crippen LogP contribution in [0.5, 0.6) is 0 Å². The van der Waals surface area contributed by atoms with Crippen molar-refractivity contribution in [1.29, 1.82) is 0 Å². The first-order valence-electron chi connectivity index (χ1n) is 7.84. The Balaban J connectivity index is 1.73. The van der Waals surface area contributed by atoms with Crippen LogP contribution in [0.1, 0.15) is 26.7 Å². The van der Waals surface area contributed by atoms with E-state index in [1.807, 2.05) is 4.90 Å². The van der Waals surface area contributed by atoms with Gasteiger partial charge >= 0.3 is 11.9 Å². The van der Waals surface area contributed by atoms with Crippen molar-refractivity contribution < 1.29 is 23.5 Å². The Labute approximate surface area is 139 Å². The second-order valence-electron chi connectivity index (χ2n) is 6.24. The van der Waals surface area contributed by atoms with Gasteiger partial charge in [-0.25, -0.2) is 14.0 Å². The molecule has 0 aromatic heterocycles. The van der Waals surface area contributed by atoms with Crippen molar-refractivity contribution in [3.8, 4) is 0 Å². The van der Waals surface area contributed by atoms with Gasteiger partial charge in [-0.15, -0.1) is 0 Å². The standard InChI is InChI=1S/C17H19FN2O4/c1-17(2)23-15(21)12(16(22)24-17)10-19-11-5-6-14(13(18)9-11)20-7-3-4-8-20/h5-6,9-10,19H,3-4,7-8H2,1-2H3. The first-order chi connectivity index (χ1) is 11.4. The zero-order valence-corrected chi connectivity index (χ0v) is 13.6. The molecule has 2 heterocycles. The van der Waals surface area contributed by atoms with Crippen LogP contribution in [0.25, 0.3) is 0 Å². The van der Waals surface area contributed by atoms with E-state index in [2.05, 4.69) is 5.32 Å². The number of anilines is 2. The molecular formula is C17H19FN2O4. The predicted octanol–water partition coefficient (Wildman–Crippen LogP) is 2.56. The molecule has 24 heavy (non-hydrogen) atoms. The van der Waals surface area contributed by atoms with Gasteiger partial charge in [-0.3, -0.25) is 0 Å². The molecule has 6 nitrogen and oxygen atoms in total. The minimum Gasteiger partial charge on any atom is -0.419 e. The zero-order chi connectivity index (χ0) is 17.3. The number of carbonyl (C=O) groups excluding carboxylic acids is 2. The van der Waals surface area contributed by atoms with Gasteiger partial charge in [0.15, 0.2) is 5.57 Å². The van der Waals surface area contributed by atoms with Crippen LogP contribution in [-0.4, -0.2) is 30.8 Å². The fourth-order valence-corrected chi connectivity index (χ4v) is 2.75. The van der Waals surface area contributed by atoms with Crippen molar-refractivity contribution in [2.45, 2.75) is 32.5 Å². The summed E-state index contributed by atoms with van der Waals surface area (Å²) in [4.78, 5) is 25.6. The minimum atomic E-state index is -1.28. The normalized spacial score (nSPS) is 19.8. The average Bonchev–Trinajstić information content (AvgIpc) is 2.99. The molecule has 0 spiro atoms. The molecule has 0 atom stereocenters. The monoisotopic (exact) mass is 334 g/mol. The highest BCUT2D eigenvalue weighted by Crippen LogP contribution is 2.27. The van der Waals surface area contributed by atoms with Crippen molar-refractivity contribution in [3.63, 3.8) is 0 Å². The molecule has 0 amide bonds. The molecule has 2 aliphatic heterocycles. The Morgan fingerprint density at radius 1 is 1.17 bits per heavy atom. The second kappa shape index (κ2) is 6.14. The van der Waals surface area contributed by atoms with Gasteiger partial charge in [-0.2, -0.15) is 0 Å². The number of hydrogen-bond acceptors (Lipinski definition) is 6. The molecular weight excluding hydrogens is 315 g/mol. The number of cyclic esters (lactones) is 2. The number of benzene rings is 1. The molecule has 0 aliphatic carbocycles. The van der Waals surface area contributed by atoms with Crippen molar-refractivity contribution in [2.75, 3.05) is 23.3 Å². The summed E-state index contributed by atoms with van der Waals surface area (Å²) in [5.41, 5.74) is 0.718. The third-order valence-corrected chi connectivity index (χ3v) is 3.89. The van der Waals surface area contributed by atoms with Crippen LogP contribution in [-0.2, 0) is 19.1 Å². The molecule has 1 aromatic rings. The fourth-order valence-electron chi connectivity index (χ4n) is 2.75. The zero-order valence-electron chi connectivity index (χ0n) is 13.6. The van der Waals surface area contributed by atoms with E-state index in [4.69, 9.17) is 9.47 Å². The third kappa shape index (κ3) is 3.34. The molecule has 7 heteroatoms. The van der Waals surface area contributed by atoms with Gasteiger partial charge in [-0.1, -0.05) is 0 Å². The Morgan fingerprint density at radius 2 is 1.79 bits per heavy atom. The molecule has 0 saturated carbocycles. The molecule has 128 valence electrons. The number of carbonyl (C=O) groups is 2. The molecule has 1 N–H and O–H groups in total. The van der Waals surface area contributed by atoms with E-state index < -0.39 is 17.7 Å². The molecule has 2 fully saturated rings. The van der Waals surface area contributed by atoms with E-state index in [0.717, 1.165) is 25.9 Å². The summed E-state index contributed by atoms with van der Waals surface area (Å²) in [5, 5.41) is 2.74. The lowest BCUT2D eigenvalue weighted by atomic mass is 10.2. The largest absolute Gasteiger partial charge is 0.419 e. The second-order valence-corrected chi connectivity index (χ2v) is 6.24. The van der Waals surface area contributed by atoms with Crippen molar-refractivity contribution >= 4 is 23.3 Å². The predicted molar refractivity (Wildman–Crippen MR) is 85.8 cm³/mol. The highest BCUT2D eigenvalue weighted by atomic mass is 19.1. The van der Waals surface area contributed by atoms with Crippen LogP contribution >= 0.6 is 0 Å². The van der Waals surface area contributed by atoms with Gasteiger partial charge in [0.1, 0.15) is 5.82 Å². The van der Waals surface area contributed by atoms with Crippen molar-refractivity contribution in [3.05, 3.63) is 35.8 Å². The molecule has 1 aromatic carbocycles. The van der Waals surface area contributed by atoms with E-state index in [1.165, 1.54) is 26.1 Å². The smallest absolute Gasteiger partial charge is 0.350 e. The molecule has 0 unspecified atom stereocenters. The van der Waals surface area contributed by atoms with Crippen LogP contribution in [0.2, 0.25) is 0 Å². The van der Waals surface area contributed by atoms with Gasteiger partial charge in [0.2, 0.25) is 0 Å². The maximum atomic E-state index is 14.2. The lowest BCUT2D eigenvalue weighted by Crippen LogP contribution is -2.42. The maximum absolute atomic E-state index is 14.2. The Kier molecular flexibility index (Phi) is 4.17. The number of nitrogens with zero attached hydrogens (tertiary/aromatic N) is 1. The van der Waals surface area contributed by atoms with E-state index >= 15 is 0 Å². The van der Waals surface area contributed by atoms with Gasteiger partial charge in [0.05, 0.1) is 5.69 Å². The van der Waals surface area contributed by atoms with Gasteiger partial charge < -0.3 is 19.7 Å². The summed E-state index contributed by atoms with van der Waals surface area (Å²) in [6.45, 7) is 4.64. The lowest BCUT2D eigenvalue weighted by molar-refractivity contribution is -0.222. The SMILES string of the molecule is CC1(C)OC(=O)C(=CNc2ccc(N3CCCC3)c(F)c2)C(=O)O1. The quantitative estimate of drug-likeness (QED) is 0.520. The van der Waals surface area contributed by atoms with Gasteiger partial charge in [0.25, 0.3) is 5.79 Å². The summed E-state index contributed by atoms with van der Waals surface area (Å²) in [5.74, 6) is -3.19. The van der Waals surface area contributed by atoms with E-state index in [9.17, 15) is 14.0 Å². The summed E-state index contributed by atoms with van der Waals surface area (Å²) in [7, 11) is 0. The number of nitrogens with one attached hydrogen (secondary N) is 1. The summed E-state index contributed by atoms with van der Waals surface area (Å²) in [6.07, 6.45) is 3.29. The highest BCUT2D eigenvalue weighted by molar-refractivity contribution is 6.15. The third-order valence-electron chi connectivity index (χ3n) is 3.89. The van der Waals surface area contributed by atoms with E-state index in [-0.39, 0.29) is 11.4 Å². The summed E-state index contributed by atoms with van der Waals surface area (Å²) in [6, 6.07) is 4.70. The Hall–Kier alpha value is -2.57. The maximum Gasteiger partial charge on any atom is 0.350 e. The van der Waals surface area contributed by atoms with E-state index in [1.54, 1.807) is 12.1 Å². The van der Waals surface area contributed by atoms with Crippen molar-refractivity contribution in [2.24, 2.45) is 0 Å². The minimum absolute atomic E-state index is 0.265. The molecule has 2 saturated heterocycles. The van der Waals surface area contributed by atoms with Crippen LogP contribution in [0.15, 0.2) is 30.0 Å². The summed E-state index contributed by atoms with van der Waals surface area (Å²) < 4.78 is 24.2. The molecule has 3 rings (SSSR count). The fraction of sp³-hybridized carbons (Fsp3) is 0.412. The molecule has 0 radical (unpaired) electrons. The number of hydrogen-bond donors (Lipinski definition) is 1. The van der Waals surface area contributed by atoms with E-state index in [0.29, 0.717) is 11.4 Å². The first kappa shape index (κ1) is 16.3. The van der Waals surface area contributed by atoms with Crippen LogP contribution < -0.4 is 10.2 Å². The van der Waals surface area contributed by atoms with Gasteiger partial charge in [-0.05, 0) is 31.0 Å². The first-order valence-corrected chi connectivity index (χ1v) is 7.84. The topological polar surface area (TPSA) is 67.9 Å². The summed E-state index contributed by atoms with van der Waals surface area (Å²) >= 11 is 0. The molecule has 0 bridgehead atoms. The van der Waals surface area contributed by atoms with Gasteiger partial charge in [0, 0.05) is 38.8 Å². The molecule has 2 aliphatic rings. The lowest BCUT2D eigenvalue weighted by Gasteiger charge is -2.29. The highest BCUT2D eigenvalue weighted by Gasteiger charge is 2.38. The Morgan fingerprint density at radius 3 is 2.38 bits per heavy atom. The number of ether oxygens (including phenoxy) is 2.